The molecule has 0 aliphatic rings. The molecule has 0 heterocycles. The predicted molar refractivity (Wildman–Crippen MR) is 47.9 cm³/mol. The molecule has 2 nitrogen and oxygen atoms in total. The van der Waals surface area contributed by atoms with Crippen molar-refractivity contribution in [2.24, 2.45) is 0 Å². The van der Waals surface area contributed by atoms with E-state index in [-0.39, 0.29) is 0 Å². The van der Waals surface area contributed by atoms with E-state index in [1.54, 1.807) is 0 Å². The van der Waals surface area contributed by atoms with E-state index in [1.807, 2.05) is 30.3 Å². The fraction of sp³-hybridized carbons (Fsp3) is 0.222. The van der Waals surface area contributed by atoms with Crippen LogP contribution in [0.2, 0.25) is 0 Å². The fourth-order valence-electron chi connectivity index (χ4n) is 0.904. The minimum Gasteiger partial charge on any atom is -0.549 e. The Bertz CT molecular complexity index is 258. The van der Waals surface area contributed by atoms with Crippen molar-refractivity contribution in [3.05, 3.63) is 35.9 Å². The molecule has 0 spiro atoms. The summed E-state index contributed by atoms with van der Waals surface area (Å²) in [5.41, 5.74) is 0.989. The third-order valence-electron chi connectivity index (χ3n) is 1.51. The van der Waals surface area contributed by atoms with Crippen LogP contribution >= 0.6 is 15.9 Å². The summed E-state index contributed by atoms with van der Waals surface area (Å²) in [6.45, 7) is 0. The highest BCUT2D eigenvalue weighted by Gasteiger charge is 2.04. The molecule has 0 radical (unpaired) electrons. The third kappa shape index (κ3) is 2.66. The number of carboxylic acids is 1. The number of rotatable bonds is 3. The Morgan fingerprint density at radius 3 is 2.50 bits per heavy atom. The largest absolute Gasteiger partial charge is 0.549 e. The number of halogens is 1. The molecule has 0 aliphatic heterocycles. The van der Waals surface area contributed by atoms with E-state index in [9.17, 15) is 9.90 Å². The molecule has 0 amide bonds. The van der Waals surface area contributed by atoms with Crippen molar-refractivity contribution in [2.45, 2.75) is 11.2 Å². The first-order chi connectivity index (χ1) is 5.70. The molecule has 0 fully saturated rings. The highest BCUT2D eigenvalue weighted by molar-refractivity contribution is 9.10. The number of carbonyl (C=O) groups excluding carboxylic acids is 1. The summed E-state index contributed by atoms with van der Waals surface area (Å²) in [5, 5.41) is 10.3. The average Bonchev–Trinajstić information content (AvgIpc) is 2.06. The molecule has 1 unspecified atom stereocenters. The summed E-state index contributed by atoms with van der Waals surface area (Å²) in [6, 6.07) is 9.43. The first-order valence-corrected chi connectivity index (χ1v) is 4.50. The van der Waals surface area contributed by atoms with Gasteiger partial charge in [0.2, 0.25) is 0 Å². The van der Waals surface area contributed by atoms with Gasteiger partial charge in [0, 0.05) is 0 Å². The maximum absolute atomic E-state index is 10.3. The van der Waals surface area contributed by atoms with E-state index in [2.05, 4.69) is 15.9 Å². The molecule has 0 saturated heterocycles. The van der Waals surface area contributed by atoms with Gasteiger partial charge in [-0.25, -0.2) is 0 Å². The lowest BCUT2D eigenvalue weighted by molar-refractivity contribution is -0.304. The van der Waals surface area contributed by atoms with E-state index >= 15 is 0 Å². The topological polar surface area (TPSA) is 40.1 Å². The predicted octanol–water partition coefficient (Wildman–Crippen LogP) is 0.743. The average molecular weight is 228 g/mol. The van der Waals surface area contributed by atoms with Gasteiger partial charge in [-0.3, -0.25) is 0 Å². The van der Waals surface area contributed by atoms with Gasteiger partial charge in [-0.15, -0.1) is 0 Å². The third-order valence-corrected chi connectivity index (χ3v) is 2.21. The molecule has 1 aromatic carbocycles. The van der Waals surface area contributed by atoms with Crippen molar-refractivity contribution in [3.8, 4) is 0 Å². The van der Waals surface area contributed by atoms with Crippen LogP contribution in [-0.4, -0.2) is 10.8 Å². The van der Waals surface area contributed by atoms with Gasteiger partial charge in [-0.2, -0.15) is 0 Å². The number of hydrogen-bond donors (Lipinski definition) is 0. The summed E-state index contributed by atoms with van der Waals surface area (Å²) in [4.78, 5) is 9.75. The van der Waals surface area contributed by atoms with Crippen molar-refractivity contribution in [1.82, 2.24) is 0 Å². The fourth-order valence-corrected chi connectivity index (χ4v) is 1.28. The minimum atomic E-state index is -1.07. The first kappa shape index (κ1) is 9.26. The van der Waals surface area contributed by atoms with Gasteiger partial charge in [0.25, 0.3) is 0 Å². The zero-order chi connectivity index (χ0) is 8.97. The van der Waals surface area contributed by atoms with Crippen LogP contribution in [0.25, 0.3) is 0 Å². The van der Waals surface area contributed by atoms with Crippen LogP contribution in [0.1, 0.15) is 5.56 Å². The molecule has 12 heavy (non-hydrogen) atoms. The van der Waals surface area contributed by atoms with Gasteiger partial charge in [-0.1, -0.05) is 46.3 Å². The zero-order valence-electron chi connectivity index (χ0n) is 6.37. The molecule has 1 rings (SSSR count). The van der Waals surface area contributed by atoms with Crippen molar-refractivity contribution in [2.75, 3.05) is 0 Å². The molecule has 0 aliphatic carbocycles. The van der Waals surface area contributed by atoms with Crippen LogP contribution in [-0.2, 0) is 11.2 Å². The van der Waals surface area contributed by atoms with E-state index < -0.39 is 10.8 Å². The lowest BCUT2D eigenvalue weighted by Gasteiger charge is -2.09. The number of carbonyl (C=O) groups is 1. The van der Waals surface area contributed by atoms with Crippen LogP contribution in [0.4, 0.5) is 0 Å². The Morgan fingerprint density at radius 2 is 2.00 bits per heavy atom. The zero-order valence-corrected chi connectivity index (χ0v) is 7.95. The number of benzene rings is 1. The monoisotopic (exact) mass is 227 g/mol. The van der Waals surface area contributed by atoms with Crippen molar-refractivity contribution in [3.63, 3.8) is 0 Å². The SMILES string of the molecule is O=C([O-])C(Br)Cc1ccccc1. The Hall–Kier alpha value is -0.830. The van der Waals surface area contributed by atoms with E-state index in [4.69, 9.17) is 0 Å². The maximum Gasteiger partial charge on any atom is 0.0581 e. The van der Waals surface area contributed by atoms with E-state index in [0.717, 1.165) is 5.56 Å². The molecule has 0 N–H and O–H groups in total. The van der Waals surface area contributed by atoms with Crippen molar-refractivity contribution >= 4 is 21.9 Å². The standard InChI is InChI=1S/C9H9BrO2/c10-8(9(11)12)6-7-4-2-1-3-5-7/h1-5,8H,6H2,(H,11,12)/p-1. The summed E-state index contributed by atoms with van der Waals surface area (Å²) < 4.78 is 0. The summed E-state index contributed by atoms with van der Waals surface area (Å²) in [6.07, 6.45) is 0.461. The summed E-state index contributed by atoms with van der Waals surface area (Å²) in [5.74, 6) is -1.07. The molecule has 0 aromatic heterocycles. The number of alkyl halides is 1. The molecule has 0 saturated carbocycles. The second-order valence-electron chi connectivity index (χ2n) is 2.48. The number of carboxylic acid groups (broad SMARTS) is 1. The summed E-state index contributed by atoms with van der Waals surface area (Å²) in [7, 11) is 0. The maximum atomic E-state index is 10.3. The molecular formula is C9H8BrO2-. The second kappa shape index (κ2) is 4.26. The molecule has 1 aromatic rings. The van der Waals surface area contributed by atoms with Gasteiger partial charge in [0.1, 0.15) is 0 Å². The molecule has 3 heteroatoms. The number of hydrogen-bond acceptors (Lipinski definition) is 2. The van der Waals surface area contributed by atoms with E-state index in [1.165, 1.54) is 0 Å². The highest BCUT2D eigenvalue weighted by Crippen LogP contribution is 2.08. The van der Waals surface area contributed by atoms with Crippen LogP contribution < -0.4 is 5.11 Å². The van der Waals surface area contributed by atoms with Crippen LogP contribution in [0.3, 0.4) is 0 Å². The van der Waals surface area contributed by atoms with Gasteiger partial charge in [0.15, 0.2) is 0 Å². The van der Waals surface area contributed by atoms with Gasteiger partial charge in [-0.05, 0) is 12.0 Å². The van der Waals surface area contributed by atoms with Gasteiger partial charge < -0.3 is 9.90 Å². The Labute approximate surface area is 79.3 Å². The quantitative estimate of drug-likeness (QED) is 0.716. The van der Waals surface area contributed by atoms with Gasteiger partial charge in [0.05, 0.1) is 10.8 Å². The van der Waals surface area contributed by atoms with Crippen molar-refractivity contribution in [1.29, 1.82) is 0 Å². The van der Waals surface area contributed by atoms with Crippen LogP contribution in [0, 0.1) is 0 Å². The molecular weight excluding hydrogens is 220 g/mol. The van der Waals surface area contributed by atoms with E-state index in [0.29, 0.717) is 6.42 Å². The van der Waals surface area contributed by atoms with Gasteiger partial charge >= 0.3 is 0 Å². The Morgan fingerprint density at radius 1 is 1.42 bits per heavy atom. The minimum absolute atomic E-state index is 0.461. The lowest BCUT2D eigenvalue weighted by Crippen LogP contribution is -2.32. The normalized spacial score (nSPS) is 12.4. The second-order valence-corrected chi connectivity index (χ2v) is 3.58. The highest BCUT2D eigenvalue weighted by atomic mass is 79.9. The molecule has 1 atom stereocenters. The Kier molecular flexibility index (Phi) is 3.29. The molecule has 64 valence electrons. The van der Waals surface area contributed by atoms with Crippen LogP contribution in [0.5, 0.6) is 0 Å². The summed E-state index contributed by atoms with van der Waals surface area (Å²) >= 11 is 3.02. The smallest absolute Gasteiger partial charge is 0.0581 e. The van der Waals surface area contributed by atoms with Crippen molar-refractivity contribution < 1.29 is 9.90 Å². The molecule has 0 bridgehead atoms. The first-order valence-electron chi connectivity index (χ1n) is 3.59. The number of aliphatic carboxylic acids is 1. The Balaban J connectivity index is 2.58. The van der Waals surface area contributed by atoms with Crippen LogP contribution in [0.15, 0.2) is 30.3 Å². The lowest BCUT2D eigenvalue weighted by atomic mass is 10.1.